The van der Waals surface area contributed by atoms with Gasteiger partial charge in [0.2, 0.25) is 0 Å². The van der Waals surface area contributed by atoms with Gasteiger partial charge in [-0.15, -0.1) is 12.4 Å². The van der Waals surface area contributed by atoms with Gasteiger partial charge in [0.1, 0.15) is 0 Å². The van der Waals surface area contributed by atoms with Crippen molar-refractivity contribution in [3.8, 4) is 0 Å². The van der Waals surface area contributed by atoms with Crippen LogP contribution in [0.4, 0.5) is 0 Å². The number of phosphoric ester groups is 1. The van der Waals surface area contributed by atoms with Crippen LogP contribution >= 0.6 is 20.2 Å². The Labute approximate surface area is 72.4 Å². The van der Waals surface area contributed by atoms with Crippen LogP contribution in [0.15, 0.2) is 0 Å². The summed E-state index contributed by atoms with van der Waals surface area (Å²) in [6.45, 7) is 2.06. The highest BCUT2D eigenvalue weighted by Gasteiger charge is 2.11. The van der Waals surface area contributed by atoms with Crippen molar-refractivity contribution in [1.29, 1.82) is 0 Å². The zero-order valence-corrected chi connectivity index (χ0v) is 8.11. The van der Waals surface area contributed by atoms with E-state index in [0.29, 0.717) is 6.42 Å². The Bertz CT molecular complexity index is 117. The molecule has 11 heavy (non-hydrogen) atoms. The molecule has 0 aliphatic rings. The first-order valence-electron chi connectivity index (χ1n) is 2.76. The van der Waals surface area contributed by atoms with Crippen LogP contribution in [0, 0.1) is 0 Å². The van der Waals surface area contributed by atoms with Crippen LogP contribution in [0.3, 0.4) is 0 Å². The smallest absolute Gasteiger partial charge is 0.344 e. The summed E-state index contributed by atoms with van der Waals surface area (Å²) in [5.74, 6) is 0. The lowest BCUT2D eigenvalue weighted by Crippen LogP contribution is -1.90. The van der Waals surface area contributed by atoms with Crippen LogP contribution < -0.4 is 6.15 Å². The van der Waals surface area contributed by atoms with Crippen LogP contribution in [0.25, 0.3) is 0 Å². The van der Waals surface area contributed by atoms with Gasteiger partial charge in [-0.05, 0) is 6.42 Å². The van der Waals surface area contributed by atoms with Crippen molar-refractivity contribution in [2.45, 2.75) is 19.8 Å². The molecule has 0 aromatic heterocycles. The van der Waals surface area contributed by atoms with Crippen molar-refractivity contribution in [3.05, 3.63) is 0 Å². The molecule has 0 aromatic carbocycles. The summed E-state index contributed by atoms with van der Waals surface area (Å²) in [6.07, 6.45) is 1.56. The van der Waals surface area contributed by atoms with Crippen molar-refractivity contribution in [2.24, 2.45) is 0 Å². The van der Waals surface area contributed by atoms with Gasteiger partial charge in [-0.2, -0.15) is 0 Å². The second kappa shape index (κ2) is 8.46. The number of phosphoric acid groups is 1. The first-order chi connectivity index (χ1) is 4.06. The van der Waals surface area contributed by atoms with E-state index in [9.17, 15) is 4.57 Å². The largest absolute Gasteiger partial charge is 0.469 e. The van der Waals surface area contributed by atoms with Gasteiger partial charge in [0, 0.05) is 0 Å². The number of hydrogen-bond donors (Lipinski definition) is 3. The molecule has 7 heteroatoms. The van der Waals surface area contributed by atoms with Gasteiger partial charge >= 0.3 is 7.82 Å². The highest BCUT2D eigenvalue weighted by molar-refractivity contribution is 7.46. The lowest BCUT2D eigenvalue weighted by molar-refractivity contribution is 0.194. The summed E-state index contributed by atoms with van der Waals surface area (Å²) in [7, 11) is -4.20. The predicted molar refractivity (Wildman–Crippen MR) is 45.2 cm³/mol. The van der Waals surface area contributed by atoms with Gasteiger partial charge < -0.3 is 15.9 Å². The Balaban J connectivity index is -0.000000320. The quantitative estimate of drug-likeness (QED) is 0.479. The van der Waals surface area contributed by atoms with Gasteiger partial charge in [-0.1, -0.05) is 13.3 Å². The third-order valence-electron chi connectivity index (χ3n) is 0.757. The lowest BCUT2D eigenvalue weighted by Gasteiger charge is -2.02. The third kappa shape index (κ3) is 17.9. The van der Waals surface area contributed by atoms with E-state index in [0.717, 1.165) is 6.42 Å². The maximum absolute atomic E-state index is 9.98. The molecule has 0 fully saturated rings. The van der Waals surface area contributed by atoms with E-state index in [1.165, 1.54) is 0 Å². The number of unbranched alkanes of at least 4 members (excludes halogenated alkanes) is 1. The summed E-state index contributed by atoms with van der Waals surface area (Å²) in [4.78, 5) is 16.3. The molecule has 0 radical (unpaired) electrons. The minimum absolute atomic E-state index is 0. The fraction of sp³-hybridized carbons (Fsp3) is 1.00. The second-order valence-corrected chi connectivity index (χ2v) is 2.92. The van der Waals surface area contributed by atoms with E-state index in [1.807, 2.05) is 6.92 Å². The normalized spacial score (nSPS) is 9.73. The lowest BCUT2D eigenvalue weighted by atomic mass is 10.4. The Kier molecular flexibility index (Phi) is 13.4. The van der Waals surface area contributed by atoms with Crippen LogP contribution in [0.5, 0.6) is 0 Å². The second-order valence-electron chi connectivity index (χ2n) is 1.68. The first kappa shape index (κ1) is 17.4. The first-order valence-corrected chi connectivity index (χ1v) is 4.29. The average molecular weight is 208 g/mol. The highest BCUT2D eigenvalue weighted by Crippen LogP contribution is 2.35. The molecule has 0 aliphatic carbocycles. The van der Waals surface area contributed by atoms with Crippen molar-refractivity contribution in [2.75, 3.05) is 6.61 Å². The molecule has 0 spiro atoms. The van der Waals surface area contributed by atoms with Crippen LogP contribution in [0.1, 0.15) is 19.8 Å². The number of halogens is 1. The summed E-state index contributed by atoms with van der Waals surface area (Å²) < 4.78 is 14.1. The summed E-state index contributed by atoms with van der Waals surface area (Å²) in [5.41, 5.74) is 0. The molecule has 0 atom stereocenters. The zero-order chi connectivity index (χ0) is 7.33. The maximum atomic E-state index is 9.98. The molecule has 5 nitrogen and oxygen atoms in total. The van der Waals surface area contributed by atoms with E-state index < -0.39 is 7.82 Å². The molecule has 0 saturated carbocycles. The SMILES string of the molecule is CCCCOP(=O)(O)O.Cl.N. The Morgan fingerprint density at radius 3 is 2.18 bits per heavy atom. The van der Waals surface area contributed by atoms with Crippen molar-refractivity contribution in [3.63, 3.8) is 0 Å². The molecule has 0 aliphatic heterocycles. The zero-order valence-electron chi connectivity index (χ0n) is 6.39. The van der Waals surface area contributed by atoms with Crippen molar-refractivity contribution < 1.29 is 18.9 Å². The van der Waals surface area contributed by atoms with Gasteiger partial charge in [0.25, 0.3) is 0 Å². The third-order valence-corrected chi connectivity index (χ3v) is 1.28. The molecule has 0 rings (SSSR count). The Morgan fingerprint density at radius 2 is 1.91 bits per heavy atom. The number of hydrogen-bond acceptors (Lipinski definition) is 3. The summed E-state index contributed by atoms with van der Waals surface area (Å²) in [5, 5.41) is 0. The van der Waals surface area contributed by atoms with Gasteiger partial charge in [0.05, 0.1) is 6.61 Å². The Morgan fingerprint density at radius 1 is 1.45 bits per heavy atom. The van der Waals surface area contributed by atoms with Crippen molar-refractivity contribution >= 4 is 20.2 Å². The van der Waals surface area contributed by atoms with E-state index >= 15 is 0 Å². The summed E-state index contributed by atoms with van der Waals surface area (Å²) in [6, 6.07) is 0. The Hall–Kier alpha value is 0.360. The van der Waals surface area contributed by atoms with E-state index in [1.54, 1.807) is 0 Å². The molecule has 72 valence electrons. The predicted octanol–water partition coefficient (Wildman–Crippen LogP) is 1.48. The molecule has 0 unspecified atom stereocenters. The average Bonchev–Trinajstić information content (AvgIpc) is 1.63. The molecule has 5 N–H and O–H groups in total. The minimum Gasteiger partial charge on any atom is -0.344 e. The van der Waals surface area contributed by atoms with E-state index in [2.05, 4.69) is 4.52 Å². The topological polar surface area (TPSA) is 102 Å². The molecular formula is C4H15ClNO4P. The van der Waals surface area contributed by atoms with Crippen molar-refractivity contribution in [1.82, 2.24) is 6.15 Å². The van der Waals surface area contributed by atoms with Gasteiger partial charge in [0.15, 0.2) is 0 Å². The monoisotopic (exact) mass is 207 g/mol. The molecule has 0 amide bonds. The maximum Gasteiger partial charge on any atom is 0.469 e. The fourth-order valence-corrected chi connectivity index (χ4v) is 0.695. The minimum atomic E-state index is -4.20. The van der Waals surface area contributed by atoms with Crippen LogP contribution in [-0.4, -0.2) is 16.4 Å². The van der Waals surface area contributed by atoms with Gasteiger partial charge in [-0.25, -0.2) is 4.57 Å². The van der Waals surface area contributed by atoms with E-state index in [-0.39, 0.29) is 25.2 Å². The van der Waals surface area contributed by atoms with Crippen LogP contribution in [-0.2, 0) is 9.09 Å². The summed E-state index contributed by atoms with van der Waals surface area (Å²) >= 11 is 0. The highest BCUT2D eigenvalue weighted by atomic mass is 35.5. The van der Waals surface area contributed by atoms with Gasteiger partial charge in [-0.3, -0.25) is 4.52 Å². The van der Waals surface area contributed by atoms with E-state index in [4.69, 9.17) is 9.79 Å². The number of rotatable bonds is 4. The molecule has 0 saturated heterocycles. The molecule has 0 aromatic rings. The molecular weight excluding hydrogens is 192 g/mol. The van der Waals surface area contributed by atoms with Crippen LogP contribution in [0.2, 0.25) is 0 Å². The fourth-order valence-electron chi connectivity index (χ4n) is 0.328. The standard InChI is InChI=1S/C4H11O4P.ClH.H3N/c1-2-3-4-8-9(5,6)7;;/h2-4H2,1H3,(H2,5,6,7);1H;1H3. The molecule has 0 bridgehead atoms. The molecule has 0 heterocycles.